The number of aromatic amines is 1. The Balaban J connectivity index is 1.35. The number of hydrogen-bond acceptors (Lipinski definition) is 4. The highest BCUT2D eigenvalue weighted by molar-refractivity contribution is 5.94. The molecule has 5 heterocycles. The first-order valence-electron chi connectivity index (χ1n) is 9.93. The molecule has 2 atom stereocenters. The van der Waals surface area contributed by atoms with Gasteiger partial charge in [-0.25, -0.2) is 4.98 Å². The molecule has 0 unspecified atom stereocenters. The molecular formula is C20H25N5O2. The number of nitrogens with one attached hydrogen (secondary N) is 2. The second-order valence-electron chi connectivity index (χ2n) is 8.09. The van der Waals surface area contributed by atoms with E-state index in [0.717, 1.165) is 50.4 Å². The molecule has 2 N–H and O–H groups in total. The summed E-state index contributed by atoms with van der Waals surface area (Å²) in [5.74, 6) is 2.11. The Morgan fingerprint density at radius 3 is 2.78 bits per heavy atom. The summed E-state index contributed by atoms with van der Waals surface area (Å²) in [6, 6.07) is 3.75. The van der Waals surface area contributed by atoms with Crippen LogP contribution < -0.4 is 10.9 Å². The van der Waals surface area contributed by atoms with Crippen LogP contribution in [0.1, 0.15) is 53.0 Å². The van der Waals surface area contributed by atoms with Crippen molar-refractivity contribution in [2.24, 2.45) is 5.92 Å². The van der Waals surface area contributed by atoms with Crippen molar-refractivity contribution in [3.05, 3.63) is 52.0 Å². The van der Waals surface area contributed by atoms with E-state index in [2.05, 4.69) is 15.3 Å². The fourth-order valence-electron chi connectivity index (χ4n) is 4.98. The Labute approximate surface area is 157 Å². The fourth-order valence-corrected chi connectivity index (χ4v) is 4.98. The number of piperidine rings is 2. The van der Waals surface area contributed by atoms with E-state index in [9.17, 15) is 9.59 Å². The Morgan fingerprint density at radius 1 is 1.15 bits per heavy atom. The van der Waals surface area contributed by atoms with Gasteiger partial charge in [0.05, 0.1) is 0 Å². The largest absolute Gasteiger partial charge is 0.348 e. The van der Waals surface area contributed by atoms with Crippen molar-refractivity contribution in [2.75, 3.05) is 26.2 Å². The number of fused-ring (bicyclic) bond motifs is 4. The minimum atomic E-state index is -0.123. The highest BCUT2D eigenvalue weighted by Gasteiger charge is 2.33. The average molecular weight is 367 g/mol. The number of H-pyrrole nitrogens is 1. The molecular weight excluding hydrogens is 342 g/mol. The topological polar surface area (TPSA) is 83.0 Å². The summed E-state index contributed by atoms with van der Waals surface area (Å²) < 4.78 is 1.86. The highest BCUT2D eigenvalue weighted by atomic mass is 16.2. The lowest BCUT2D eigenvalue weighted by Gasteiger charge is -2.37. The molecule has 0 radical (unpaired) electrons. The number of hydrogen-bond donors (Lipinski definition) is 2. The van der Waals surface area contributed by atoms with Crippen LogP contribution >= 0.6 is 0 Å². The first-order valence-corrected chi connectivity index (χ1v) is 9.93. The van der Waals surface area contributed by atoms with Crippen molar-refractivity contribution >= 4 is 5.91 Å². The lowest BCUT2D eigenvalue weighted by atomic mass is 9.84. The molecule has 2 aromatic heterocycles. The number of imidazole rings is 1. The third kappa shape index (κ3) is 2.90. The Hall–Kier alpha value is -2.41. The van der Waals surface area contributed by atoms with Crippen LogP contribution in [0.3, 0.4) is 0 Å². The first-order chi connectivity index (χ1) is 13.2. The third-order valence-electron chi connectivity index (χ3n) is 6.43. The fraction of sp³-hybridized carbons (Fsp3) is 0.550. The first kappa shape index (κ1) is 16.7. The monoisotopic (exact) mass is 367 g/mol. The van der Waals surface area contributed by atoms with E-state index in [1.54, 1.807) is 12.3 Å². The summed E-state index contributed by atoms with van der Waals surface area (Å²) in [5, 5.41) is 3.45. The van der Waals surface area contributed by atoms with Gasteiger partial charge in [-0.2, -0.15) is 0 Å². The summed E-state index contributed by atoms with van der Waals surface area (Å²) >= 11 is 0. The minimum Gasteiger partial charge on any atom is -0.348 e. The van der Waals surface area contributed by atoms with Crippen LogP contribution in [-0.4, -0.2) is 51.5 Å². The molecule has 5 rings (SSSR count). The number of carbonyl (C=O) groups excluding carboxylic acids is 1. The predicted octanol–water partition coefficient (Wildman–Crippen LogP) is 1.30. The summed E-state index contributed by atoms with van der Waals surface area (Å²) in [5.41, 5.74) is 1.29. The third-order valence-corrected chi connectivity index (χ3v) is 6.43. The lowest BCUT2D eigenvalue weighted by molar-refractivity contribution is 0.0708. The van der Waals surface area contributed by atoms with Gasteiger partial charge in [0.2, 0.25) is 0 Å². The molecule has 0 aliphatic carbocycles. The zero-order valence-electron chi connectivity index (χ0n) is 15.4. The molecule has 7 heteroatoms. The van der Waals surface area contributed by atoms with Crippen molar-refractivity contribution < 1.29 is 4.79 Å². The highest BCUT2D eigenvalue weighted by Crippen LogP contribution is 2.32. The summed E-state index contributed by atoms with van der Waals surface area (Å²) in [6.07, 6.45) is 6.50. The van der Waals surface area contributed by atoms with Gasteiger partial charge >= 0.3 is 0 Å². The van der Waals surface area contributed by atoms with Crippen LogP contribution in [0.4, 0.5) is 0 Å². The summed E-state index contributed by atoms with van der Waals surface area (Å²) in [6.45, 7) is 3.94. The number of likely N-dealkylation sites (tertiary alicyclic amines) is 1. The van der Waals surface area contributed by atoms with E-state index in [4.69, 9.17) is 0 Å². The second-order valence-corrected chi connectivity index (χ2v) is 8.09. The quantitative estimate of drug-likeness (QED) is 0.838. The van der Waals surface area contributed by atoms with Crippen molar-refractivity contribution in [1.82, 2.24) is 24.8 Å². The molecule has 2 bridgehead atoms. The van der Waals surface area contributed by atoms with Gasteiger partial charge in [0.15, 0.2) is 0 Å². The van der Waals surface area contributed by atoms with Crippen molar-refractivity contribution in [3.8, 4) is 0 Å². The predicted molar refractivity (Wildman–Crippen MR) is 101 cm³/mol. The van der Waals surface area contributed by atoms with Crippen LogP contribution in [-0.2, 0) is 6.54 Å². The van der Waals surface area contributed by atoms with Crippen LogP contribution in [0.15, 0.2) is 29.3 Å². The van der Waals surface area contributed by atoms with Gasteiger partial charge in [0, 0.05) is 56.1 Å². The smallest absolute Gasteiger partial charge is 0.263 e. The Morgan fingerprint density at radius 2 is 2.00 bits per heavy atom. The van der Waals surface area contributed by atoms with Gasteiger partial charge in [-0.15, -0.1) is 0 Å². The molecule has 0 spiro atoms. The molecule has 7 nitrogen and oxygen atoms in total. The number of amides is 1. The van der Waals surface area contributed by atoms with Crippen molar-refractivity contribution in [2.45, 2.75) is 37.6 Å². The SMILES string of the molecule is O=C(c1ccc2n(c1=O)C[C@@H]1CNC[C@H]2C1)N1CCC(c2ncc[nH]2)CC1. The van der Waals surface area contributed by atoms with Gasteiger partial charge in [-0.05, 0) is 43.9 Å². The molecule has 2 saturated heterocycles. The maximum Gasteiger partial charge on any atom is 0.263 e. The van der Waals surface area contributed by atoms with Crippen molar-refractivity contribution in [1.29, 1.82) is 0 Å². The molecule has 0 aromatic carbocycles. The molecule has 0 saturated carbocycles. The minimum absolute atomic E-state index is 0.109. The molecule has 2 fully saturated rings. The van der Waals surface area contributed by atoms with Crippen LogP contribution in [0.25, 0.3) is 0 Å². The Bertz CT molecular complexity index is 896. The van der Waals surface area contributed by atoms with E-state index in [1.807, 2.05) is 21.7 Å². The molecule has 2 aromatic rings. The standard InChI is InChI=1S/C20H25N5O2/c26-19(24-7-3-14(4-8-24)18-22-5-6-23-18)16-1-2-17-15-9-13(10-21-11-15)12-25(17)20(16)27/h1-2,5-6,13-15,21H,3-4,7-12H2,(H,22,23)/t13-,15+/m0/s1. The lowest BCUT2D eigenvalue weighted by Crippen LogP contribution is -2.47. The van der Waals surface area contributed by atoms with Gasteiger partial charge in [0.25, 0.3) is 11.5 Å². The van der Waals surface area contributed by atoms with Crippen LogP contribution in [0, 0.1) is 5.92 Å². The van der Waals surface area contributed by atoms with E-state index in [0.29, 0.717) is 36.4 Å². The number of carbonyl (C=O) groups is 1. The molecule has 142 valence electrons. The number of pyridine rings is 1. The van der Waals surface area contributed by atoms with E-state index >= 15 is 0 Å². The molecule has 27 heavy (non-hydrogen) atoms. The molecule has 1 amide bonds. The maximum atomic E-state index is 13.1. The molecule has 3 aliphatic rings. The summed E-state index contributed by atoms with van der Waals surface area (Å²) in [4.78, 5) is 35.4. The summed E-state index contributed by atoms with van der Waals surface area (Å²) in [7, 11) is 0. The maximum absolute atomic E-state index is 13.1. The van der Waals surface area contributed by atoms with Gasteiger partial charge in [0.1, 0.15) is 11.4 Å². The van der Waals surface area contributed by atoms with Crippen LogP contribution in [0.2, 0.25) is 0 Å². The number of aromatic nitrogens is 3. The number of nitrogens with zero attached hydrogens (tertiary/aromatic N) is 3. The van der Waals surface area contributed by atoms with Gasteiger partial charge < -0.3 is 19.8 Å². The Kier molecular flexibility index (Phi) is 4.11. The van der Waals surface area contributed by atoms with E-state index in [-0.39, 0.29) is 11.5 Å². The zero-order valence-corrected chi connectivity index (χ0v) is 15.4. The van der Waals surface area contributed by atoms with E-state index < -0.39 is 0 Å². The average Bonchev–Trinajstić information content (AvgIpc) is 3.24. The second kappa shape index (κ2) is 6.64. The van der Waals surface area contributed by atoms with Crippen LogP contribution in [0.5, 0.6) is 0 Å². The molecule has 3 aliphatic heterocycles. The number of rotatable bonds is 2. The normalized spacial score (nSPS) is 25.3. The van der Waals surface area contributed by atoms with Crippen molar-refractivity contribution in [3.63, 3.8) is 0 Å². The van der Waals surface area contributed by atoms with E-state index in [1.165, 1.54) is 0 Å². The zero-order chi connectivity index (χ0) is 18.4. The van der Waals surface area contributed by atoms with Gasteiger partial charge in [-0.1, -0.05) is 0 Å². The van der Waals surface area contributed by atoms with Gasteiger partial charge in [-0.3, -0.25) is 9.59 Å².